The van der Waals surface area contributed by atoms with E-state index >= 15 is 0 Å². The first kappa shape index (κ1) is 101. The Hall–Kier alpha value is -5.48. The van der Waals surface area contributed by atoms with Crippen molar-refractivity contribution in [3.8, 4) is 17.2 Å². The van der Waals surface area contributed by atoms with Gasteiger partial charge in [-0.3, -0.25) is 43.2 Å². The minimum Gasteiger partial charge on any atom is -0.408 e. The molecule has 0 aromatic heterocycles. The van der Waals surface area contributed by atoms with Gasteiger partial charge < -0.3 is 13.6 Å². The standard InChI is InChI=1S/C99H159O12P/c1-10-19-28-37-46-55-82(100)70-79-64-67-97(94(76-88(106)61-52-43-34-25-16-7)91(79)73-85(103)58-49-40-31-22-13-4)109-112(110-98-68-65-80(71-83(101)56-47-38-29-20-11-2)92(74-86(104)59-50-41-32-23-14-5)95(98)77-89(107)62-53-44-35-26-17-8)111-99-69-66-81(72-84(102)57-48-39-30-21-12-3)93(75-87(105)60-51-42-33-24-15-6)96(99)78-90(108)63-54-45-36-27-18-9/h64-69H,10-63,70-78H2,1-9H3. The second kappa shape index (κ2) is 65.6. The van der Waals surface area contributed by atoms with Crippen molar-refractivity contribution >= 4 is 60.7 Å². The highest BCUT2D eigenvalue weighted by Crippen LogP contribution is 2.48. The Morgan fingerprint density at radius 1 is 0.188 bits per heavy atom. The van der Waals surface area contributed by atoms with Crippen LogP contribution in [-0.2, 0) is 101 Å². The second-order valence-corrected chi connectivity index (χ2v) is 33.9. The van der Waals surface area contributed by atoms with Gasteiger partial charge in [0.1, 0.15) is 69.3 Å². The first-order valence-corrected chi connectivity index (χ1v) is 47.5. The van der Waals surface area contributed by atoms with Crippen LogP contribution in [0.15, 0.2) is 36.4 Å². The number of unbranched alkanes of at least 4 members (excludes halogenated alkanes) is 36. The maximum absolute atomic E-state index is 14.9. The van der Waals surface area contributed by atoms with Gasteiger partial charge in [0.05, 0.1) is 0 Å². The van der Waals surface area contributed by atoms with Gasteiger partial charge in [-0.2, -0.15) is 0 Å². The van der Waals surface area contributed by atoms with Gasteiger partial charge in [0.2, 0.25) is 0 Å². The highest BCUT2D eigenvalue weighted by molar-refractivity contribution is 7.43. The van der Waals surface area contributed by atoms with E-state index in [4.69, 9.17) is 13.6 Å². The Kier molecular flexibility index (Phi) is 59.0. The van der Waals surface area contributed by atoms with Crippen LogP contribution in [-0.4, -0.2) is 52.0 Å². The molecule has 3 aromatic rings. The van der Waals surface area contributed by atoms with Gasteiger partial charge in [-0.25, -0.2) is 0 Å². The molecule has 0 aliphatic heterocycles. The van der Waals surface area contributed by atoms with E-state index in [0.717, 1.165) is 250 Å². The molecule has 3 rings (SSSR count). The number of rotatable bonds is 78. The zero-order valence-electron chi connectivity index (χ0n) is 72.9. The highest BCUT2D eigenvalue weighted by atomic mass is 31.2. The van der Waals surface area contributed by atoms with Crippen molar-refractivity contribution in [1.82, 2.24) is 0 Å². The largest absolute Gasteiger partial charge is 0.530 e. The summed E-state index contributed by atoms with van der Waals surface area (Å²) in [5, 5.41) is 0. The highest BCUT2D eigenvalue weighted by Gasteiger charge is 2.32. The quantitative estimate of drug-likeness (QED) is 0.0386. The number of benzene rings is 3. The number of ketones is 9. The fourth-order valence-corrected chi connectivity index (χ4v) is 16.5. The maximum Gasteiger partial charge on any atom is 0.530 e. The smallest absolute Gasteiger partial charge is 0.408 e. The molecule has 0 saturated heterocycles. The van der Waals surface area contributed by atoms with Gasteiger partial charge in [-0.1, -0.05) is 312 Å². The molecule has 0 N–H and O–H groups in total. The van der Waals surface area contributed by atoms with Crippen LogP contribution < -0.4 is 13.6 Å². The van der Waals surface area contributed by atoms with Gasteiger partial charge in [-0.15, -0.1) is 0 Å². The molecule has 0 spiro atoms. The number of carbonyl (C=O) groups excluding carboxylic acids is 9. The topological polar surface area (TPSA) is 181 Å². The van der Waals surface area contributed by atoms with Crippen LogP contribution in [0.2, 0.25) is 0 Å². The Morgan fingerprint density at radius 2 is 0.330 bits per heavy atom. The minimum atomic E-state index is -2.82. The average Bonchev–Trinajstić information content (AvgIpc) is 0.794. The van der Waals surface area contributed by atoms with E-state index in [9.17, 15) is 43.2 Å². The van der Waals surface area contributed by atoms with Crippen molar-refractivity contribution in [2.45, 2.75) is 467 Å². The average molecular weight is 1570 g/mol. The third-order valence-corrected chi connectivity index (χ3v) is 23.5. The predicted octanol–water partition coefficient (Wildman–Crippen LogP) is 27.7. The van der Waals surface area contributed by atoms with E-state index in [1.165, 1.54) is 0 Å². The SMILES string of the molecule is CCCCCCCC(=O)Cc1ccc(OP(Oc2ccc(CC(=O)CCCCCCC)c(CC(=O)CCCCCCC)c2CC(=O)CCCCCCC)Oc2ccc(CC(=O)CCCCCCC)c(CC(=O)CCCCCCC)c2CC(=O)CCCCCCC)c(CC(=O)CCCCCCC)c1CC(=O)CCCCCCC. The van der Waals surface area contributed by atoms with E-state index < -0.39 is 8.60 Å². The van der Waals surface area contributed by atoms with Gasteiger partial charge in [0.25, 0.3) is 0 Å². The molecule has 0 amide bonds. The van der Waals surface area contributed by atoms with Gasteiger partial charge in [0, 0.05) is 132 Å². The van der Waals surface area contributed by atoms with Crippen molar-refractivity contribution in [2.24, 2.45) is 0 Å². The Morgan fingerprint density at radius 3 is 0.491 bits per heavy atom. The monoisotopic (exact) mass is 1570 g/mol. The molecular formula is C99H159O12P. The van der Waals surface area contributed by atoms with Crippen molar-refractivity contribution in [3.63, 3.8) is 0 Å². The summed E-state index contributed by atoms with van der Waals surface area (Å²) < 4.78 is 22.4. The first-order valence-electron chi connectivity index (χ1n) is 46.4. The molecule has 0 radical (unpaired) electrons. The number of hydrogen-bond donors (Lipinski definition) is 0. The van der Waals surface area contributed by atoms with Gasteiger partial charge in [0.15, 0.2) is 0 Å². The number of hydrogen-bond acceptors (Lipinski definition) is 12. The molecule has 0 atom stereocenters. The number of Topliss-reactive ketones (excluding diaryl/α,β-unsaturated/α-hetero) is 9. The van der Waals surface area contributed by atoms with Crippen molar-refractivity contribution in [1.29, 1.82) is 0 Å². The lowest BCUT2D eigenvalue weighted by atomic mass is 9.88. The van der Waals surface area contributed by atoms with E-state index in [1.807, 2.05) is 18.2 Å². The molecule has 0 bridgehead atoms. The van der Waals surface area contributed by atoms with Crippen LogP contribution in [0.3, 0.4) is 0 Å². The summed E-state index contributed by atoms with van der Waals surface area (Å²) in [7, 11) is -2.82. The molecule has 0 heterocycles. The lowest BCUT2D eigenvalue weighted by molar-refractivity contribution is -0.120. The molecule has 13 heteroatoms. The zero-order valence-corrected chi connectivity index (χ0v) is 73.8. The normalized spacial score (nSPS) is 11.4. The van der Waals surface area contributed by atoms with E-state index in [2.05, 4.69) is 62.3 Å². The summed E-state index contributed by atoms with van der Waals surface area (Å²) in [5.41, 5.74) is 5.21. The van der Waals surface area contributed by atoms with E-state index in [0.29, 0.717) is 146 Å². The molecule has 0 unspecified atom stereocenters. The van der Waals surface area contributed by atoms with Crippen LogP contribution in [0.4, 0.5) is 0 Å². The Labute approximate surface area is 684 Å². The summed E-state index contributed by atoms with van der Waals surface area (Å²) in [5.74, 6) is 0.712. The minimum absolute atomic E-state index is 0.000452. The predicted molar refractivity (Wildman–Crippen MR) is 467 cm³/mol. The van der Waals surface area contributed by atoms with Crippen LogP contribution in [0, 0.1) is 0 Å². The molecule has 0 saturated carbocycles. The third-order valence-electron chi connectivity index (χ3n) is 22.4. The Bertz CT molecular complexity index is 2810. The van der Waals surface area contributed by atoms with Crippen LogP contribution >= 0.6 is 8.60 Å². The third kappa shape index (κ3) is 45.7. The van der Waals surface area contributed by atoms with E-state index in [-0.39, 0.29) is 127 Å². The summed E-state index contributed by atoms with van der Waals surface area (Å²) in [6, 6.07) is 10.9. The lowest BCUT2D eigenvalue weighted by Gasteiger charge is -2.26. The van der Waals surface area contributed by atoms with Crippen LogP contribution in [0.25, 0.3) is 0 Å². The molecular weight excluding hydrogens is 1410 g/mol. The van der Waals surface area contributed by atoms with Gasteiger partial charge >= 0.3 is 8.60 Å². The van der Waals surface area contributed by atoms with Crippen LogP contribution in [0.1, 0.15) is 459 Å². The van der Waals surface area contributed by atoms with Crippen molar-refractivity contribution in [3.05, 3.63) is 86.5 Å². The lowest BCUT2D eigenvalue weighted by Crippen LogP contribution is -2.17. The summed E-state index contributed by atoms with van der Waals surface area (Å²) in [4.78, 5) is 132. The molecule has 12 nitrogen and oxygen atoms in total. The van der Waals surface area contributed by atoms with Crippen molar-refractivity contribution in [2.75, 3.05) is 0 Å². The molecule has 632 valence electrons. The maximum atomic E-state index is 14.9. The molecule has 0 aliphatic carbocycles. The fraction of sp³-hybridized carbons (Fsp3) is 0.727. The Balaban J connectivity index is 2.72. The van der Waals surface area contributed by atoms with Crippen LogP contribution in [0.5, 0.6) is 17.2 Å². The molecule has 112 heavy (non-hydrogen) atoms. The molecule has 3 aromatic carbocycles. The molecule has 0 aliphatic rings. The fourth-order valence-electron chi connectivity index (χ4n) is 15.4. The zero-order chi connectivity index (χ0) is 81.6. The van der Waals surface area contributed by atoms with E-state index in [1.54, 1.807) is 18.2 Å². The van der Waals surface area contributed by atoms with Crippen molar-refractivity contribution < 1.29 is 56.7 Å². The summed E-state index contributed by atoms with van der Waals surface area (Å²) >= 11 is 0. The summed E-state index contributed by atoms with van der Waals surface area (Å²) in [6.45, 7) is 19.5. The van der Waals surface area contributed by atoms with Gasteiger partial charge in [-0.05, 0) is 109 Å². The summed E-state index contributed by atoms with van der Waals surface area (Å²) in [6.07, 6.45) is 46.1. The second-order valence-electron chi connectivity index (χ2n) is 33.0. The first-order chi connectivity index (χ1) is 54.5. The molecule has 0 fully saturated rings. The number of carbonyl (C=O) groups is 9.